The molecule has 110 valence electrons. The fourth-order valence-corrected chi connectivity index (χ4v) is 3.11. The quantitative estimate of drug-likeness (QED) is 0.866. The third kappa shape index (κ3) is 4.07. The molecule has 0 aliphatic heterocycles. The van der Waals surface area contributed by atoms with E-state index in [2.05, 4.69) is 12.2 Å². The molecule has 3 nitrogen and oxygen atoms in total. The van der Waals surface area contributed by atoms with Crippen LogP contribution in [-0.2, 0) is 4.79 Å². The summed E-state index contributed by atoms with van der Waals surface area (Å²) in [6.07, 6.45) is 7.25. The van der Waals surface area contributed by atoms with Crippen molar-refractivity contribution in [3.05, 3.63) is 35.9 Å². The van der Waals surface area contributed by atoms with E-state index in [1.165, 1.54) is 25.7 Å². The van der Waals surface area contributed by atoms with Gasteiger partial charge < -0.3 is 11.1 Å². The normalized spacial score (nSPS) is 24.1. The van der Waals surface area contributed by atoms with E-state index in [1.807, 2.05) is 30.3 Å². The molecular weight excluding hydrogens is 248 g/mol. The molecule has 0 bridgehead atoms. The molecule has 0 unspecified atom stereocenters. The molecule has 0 spiro atoms. The fraction of sp³-hybridized carbons (Fsp3) is 0.588. The van der Waals surface area contributed by atoms with Crippen LogP contribution < -0.4 is 11.1 Å². The third-order valence-corrected chi connectivity index (χ3v) is 4.33. The highest BCUT2D eigenvalue weighted by atomic mass is 16.2. The number of benzene rings is 1. The van der Waals surface area contributed by atoms with Crippen molar-refractivity contribution in [2.45, 2.75) is 57.5 Å². The smallest absolute Gasteiger partial charge is 0.241 e. The Morgan fingerprint density at radius 3 is 2.50 bits per heavy atom. The minimum atomic E-state index is -0.551. The van der Waals surface area contributed by atoms with Crippen LogP contribution in [0.15, 0.2) is 30.3 Å². The molecule has 3 heteroatoms. The highest BCUT2D eigenvalue weighted by molar-refractivity contribution is 5.83. The Kier molecular flexibility index (Phi) is 5.60. The number of amides is 1. The van der Waals surface area contributed by atoms with Gasteiger partial charge in [0.25, 0.3) is 0 Å². The van der Waals surface area contributed by atoms with Gasteiger partial charge in [0.15, 0.2) is 0 Å². The van der Waals surface area contributed by atoms with Crippen molar-refractivity contribution in [2.24, 2.45) is 11.7 Å². The number of rotatable bonds is 5. The van der Waals surface area contributed by atoms with E-state index in [0.29, 0.717) is 6.04 Å². The Labute approximate surface area is 121 Å². The first-order valence-corrected chi connectivity index (χ1v) is 7.81. The number of nitrogens with two attached hydrogens (primary N) is 1. The summed E-state index contributed by atoms with van der Waals surface area (Å²) in [5.41, 5.74) is 6.90. The van der Waals surface area contributed by atoms with Crippen LogP contribution in [0.1, 0.15) is 57.1 Å². The van der Waals surface area contributed by atoms with Gasteiger partial charge >= 0.3 is 0 Å². The fourth-order valence-electron chi connectivity index (χ4n) is 3.11. The Bertz CT molecular complexity index is 410. The van der Waals surface area contributed by atoms with Crippen LogP contribution >= 0.6 is 0 Å². The summed E-state index contributed by atoms with van der Waals surface area (Å²) in [5.74, 6) is 0.811. The average Bonchev–Trinajstić information content (AvgIpc) is 2.49. The van der Waals surface area contributed by atoms with Gasteiger partial charge in [0, 0.05) is 6.04 Å². The second-order valence-electron chi connectivity index (χ2n) is 5.90. The van der Waals surface area contributed by atoms with E-state index in [9.17, 15) is 4.79 Å². The number of hydrogen-bond donors (Lipinski definition) is 2. The lowest BCUT2D eigenvalue weighted by Crippen LogP contribution is -2.42. The highest BCUT2D eigenvalue weighted by Crippen LogP contribution is 2.28. The summed E-state index contributed by atoms with van der Waals surface area (Å²) in [5, 5.41) is 3.12. The maximum atomic E-state index is 12.2. The van der Waals surface area contributed by atoms with Crippen LogP contribution in [0.25, 0.3) is 0 Å². The van der Waals surface area contributed by atoms with Crippen molar-refractivity contribution in [3.8, 4) is 0 Å². The Hall–Kier alpha value is -1.35. The van der Waals surface area contributed by atoms with Gasteiger partial charge in [-0.2, -0.15) is 0 Å². The Morgan fingerprint density at radius 1 is 1.25 bits per heavy atom. The molecule has 1 saturated carbocycles. The Balaban J connectivity index is 1.81. The predicted molar refractivity (Wildman–Crippen MR) is 82.2 cm³/mol. The first-order chi connectivity index (χ1) is 9.70. The van der Waals surface area contributed by atoms with E-state index in [-0.39, 0.29) is 5.91 Å². The van der Waals surface area contributed by atoms with E-state index < -0.39 is 6.04 Å². The maximum absolute atomic E-state index is 12.2. The second-order valence-corrected chi connectivity index (χ2v) is 5.90. The molecule has 1 aromatic rings. The number of carbonyl (C=O) groups excluding carboxylic acids is 1. The molecule has 0 aromatic heterocycles. The maximum Gasteiger partial charge on any atom is 0.241 e. The number of hydrogen-bond acceptors (Lipinski definition) is 2. The Morgan fingerprint density at radius 2 is 1.90 bits per heavy atom. The van der Waals surface area contributed by atoms with Crippen LogP contribution in [0.3, 0.4) is 0 Å². The zero-order chi connectivity index (χ0) is 14.4. The zero-order valence-electron chi connectivity index (χ0n) is 12.3. The molecular formula is C17H26N2O. The lowest BCUT2D eigenvalue weighted by atomic mass is 9.83. The largest absolute Gasteiger partial charge is 0.352 e. The highest BCUT2D eigenvalue weighted by Gasteiger charge is 2.24. The van der Waals surface area contributed by atoms with Crippen molar-refractivity contribution in [1.82, 2.24) is 5.32 Å². The first-order valence-electron chi connectivity index (χ1n) is 7.81. The van der Waals surface area contributed by atoms with Crippen molar-refractivity contribution >= 4 is 5.91 Å². The van der Waals surface area contributed by atoms with Crippen LogP contribution in [0.5, 0.6) is 0 Å². The van der Waals surface area contributed by atoms with E-state index >= 15 is 0 Å². The summed E-state index contributed by atoms with van der Waals surface area (Å²) in [6, 6.07) is 9.33. The number of nitrogens with one attached hydrogen (secondary N) is 1. The molecule has 3 N–H and O–H groups in total. The molecule has 1 aliphatic carbocycles. The van der Waals surface area contributed by atoms with Crippen LogP contribution in [0, 0.1) is 5.92 Å². The van der Waals surface area contributed by atoms with Gasteiger partial charge in [0.05, 0.1) is 0 Å². The standard InChI is InChI=1S/C17H26N2O/c1-2-6-13-9-11-15(12-10-13)19-17(20)16(18)14-7-4-3-5-8-14/h3-5,7-8,13,15-16H,2,6,9-12,18H2,1H3,(H,19,20)/t13?,15?,16-/m0/s1. The molecule has 1 aromatic carbocycles. The lowest BCUT2D eigenvalue weighted by Gasteiger charge is -2.29. The second kappa shape index (κ2) is 7.44. The summed E-state index contributed by atoms with van der Waals surface area (Å²) in [7, 11) is 0. The summed E-state index contributed by atoms with van der Waals surface area (Å²) in [4.78, 5) is 12.2. The summed E-state index contributed by atoms with van der Waals surface area (Å²) >= 11 is 0. The van der Waals surface area contributed by atoms with E-state index in [0.717, 1.165) is 24.3 Å². The van der Waals surface area contributed by atoms with Gasteiger partial charge in [-0.25, -0.2) is 0 Å². The molecule has 1 amide bonds. The van der Waals surface area contributed by atoms with Crippen molar-refractivity contribution in [3.63, 3.8) is 0 Å². The topological polar surface area (TPSA) is 55.1 Å². The molecule has 20 heavy (non-hydrogen) atoms. The molecule has 0 radical (unpaired) electrons. The molecule has 1 aliphatic rings. The summed E-state index contributed by atoms with van der Waals surface area (Å²) in [6.45, 7) is 2.24. The lowest BCUT2D eigenvalue weighted by molar-refractivity contribution is -0.123. The zero-order valence-corrected chi connectivity index (χ0v) is 12.3. The third-order valence-electron chi connectivity index (χ3n) is 4.33. The average molecular weight is 274 g/mol. The van der Waals surface area contributed by atoms with E-state index in [1.54, 1.807) is 0 Å². The monoisotopic (exact) mass is 274 g/mol. The van der Waals surface area contributed by atoms with Crippen molar-refractivity contribution in [1.29, 1.82) is 0 Å². The van der Waals surface area contributed by atoms with Gasteiger partial charge in [-0.1, -0.05) is 50.1 Å². The molecule has 2 rings (SSSR count). The van der Waals surface area contributed by atoms with Gasteiger partial charge in [0.2, 0.25) is 5.91 Å². The number of carbonyl (C=O) groups is 1. The van der Waals surface area contributed by atoms with Crippen LogP contribution in [0.2, 0.25) is 0 Å². The molecule has 1 atom stereocenters. The van der Waals surface area contributed by atoms with Crippen LogP contribution in [-0.4, -0.2) is 11.9 Å². The van der Waals surface area contributed by atoms with E-state index in [4.69, 9.17) is 5.73 Å². The van der Waals surface area contributed by atoms with Gasteiger partial charge in [-0.05, 0) is 37.2 Å². The van der Waals surface area contributed by atoms with Gasteiger partial charge in [0.1, 0.15) is 6.04 Å². The van der Waals surface area contributed by atoms with Crippen molar-refractivity contribution < 1.29 is 4.79 Å². The predicted octanol–water partition coefficient (Wildman–Crippen LogP) is 3.16. The van der Waals surface area contributed by atoms with Gasteiger partial charge in [-0.3, -0.25) is 4.79 Å². The van der Waals surface area contributed by atoms with Crippen LogP contribution in [0.4, 0.5) is 0 Å². The molecule has 1 fully saturated rings. The minimum Gasteiger partial charge on any atom is -0.352 e. The minimum absolute atomic E-state index is 0.0462. The SMILES string of the molecule is CCCC1CCC(NC(=O)[C@@H](N)c2ccccc2)CC1. The summed E-state index contributed by atoms with van der Waals surface area (Å²) < 4.78 is 0. The van der Waals surface area contributed by atoms with Gasteiger partial charge in [-0.15, -0.1) is 0 Å². The van der Waals surface area contributed by atoms with Crippen molar-refractivity contribution in [2.75, 3.05) is 0 Å². The molecule has 0 heterocycles. The first kappa shape index (κ1) is 15.0. The molecule has 0 saturated heterocycles.